The van der Waals surface area contributed by atoms with E-state index in [2.05, 4.69) is 30.9 Å². The van der Waals surface area contributed by atoms with E-state index in [0.29, 0.717) is 10.8 Å². The van der Waals surface area contributed by atoms with Crippen LogP contribution in [0.3, 0.4) is 0 Å². The fraction of sp³-hybridized carbons (Fsp3) is 0.704. The maximum atomic E-state index is 5.54. The predicted octanol–water partition coefficient (Wildman–Crippen LogP) is 7.38. The molecule has 0 atom stereocenters. The van der Waals surface area contributed by atoms with Crippen LogP contribution in [0.4, 0.5) is 0 Å². The molecule has 0 N–H and O–H groups in total. The van der Waals surface area contributed by atoms with Gasteiger partial charge >= 0.3 is 0 Å². The van der Waals surface area contributed by atoms with Crippen LogP contribution in [0, 0.1) is 34.5 Å². The van der Waals surface area contributed by atoms with Gasteiger partial charge in [0, 0.05) is 11.0 Å². The molecular weight excluding hydrogens is 340 g/mol. The van der Waals surface area contributed by atoms with E-state index < -0.39 is 0 Å². The fourth-order valence-corrected chi connectivity index (χ4v) is 6.49. The zero-order valence-corrected chi connectivity index (χ0v) is 18.1. The maximum Gasteiger partial charge on any atom is 0.119 e. The van der Waals surface area contributed by atoms with Crippen molar-refractivity contribution < 1.29 is 4.74 Å². The van der Waals surface area contributed by atoms with Crippen LogP contribution >= 0.6 is 0 Å². The Kier molecular flexibility index (Phi) is 6.05. The first-order chi connectivity index (χ1) is 13.7. The average molecular weight is 379 g/mol. The molecule has 4 aliphatic carbocycles. The van der Waals surface area contributed by atoms with E-state index in [-0.39, 0.29) is 0 Å². The van der Waals surface area contributed by atoms with Crippen LogP contribution < -0.4 is 4.74 Å². The molecule has 0 aliphatic heterocycles. The minimum absolute atomic E-state index is 0.305. The molecule has 2 bridgehead atoms. The lowest BCUT2D eigenvalue weighted by molar-refractivity contribution is -0.0378. The smallest absolute Gasteiger partial charge is 0.119 e. The van der Waals surface area contributed by atoms with E-state index >= 15 is 0 Å². The molecule has 4 aliphatic rings. The van der Waals surface area contributed by atoms with Gasteiger partial charge in [-0.1, -0.05) is 44.4 Å². The Balaban J connectivity index is 1.36. The Labute approximate surface area is 172 Å². The van der Waals surface area contributed by atoms with Crippen molar-refractivity contribution in [2.45, 2.75) is 90.9 Å². The van der Waals surface area contributed by atoms with Crippen LogP contribution in [0.15, 0.2) is 24.3 Å². The van der Waals surface area contributed by atoms with Gasteiger partial charge in [-0.05, 0) is 99.8 Å². The highest BCUT2D eigenvalue weighted by Crippen LogP contribution is 2.62. The molecule has 0 heterocycles. The van der Waals surface area contributed by atoms with Crippen molar-refractivity contribution in [3.05, 3.63) is 29.8 Å². The first-order valence-corrected chi connectivity index (χ1v) is 11.9. The summed E-state index contributed by atoms with van der Waals surface area (Å²) in [6, 6.07) is 8.32. The Morgan fingerprint density at radius 2 is 1.54 bits per heavy atom. The highest BCUT2D eigenvalue weighted by Gasteiger charge is 2.51. The van der Waals surface area contributed by atoms with Gasteiger partial charge in [0.2, 0.25) is 0 Å². The van der Waals surface area contributed by atoms with Crippen molar-refractivity contribution >= 4 is 0 Å². The van der Waals surface area contributed by atoms with Gasteiger partial charge in [-0.25, -0.2) is 0 Å². The van der Waals surface area contributed by atoms with Crippen LogP contribution in [0.5, 0.6) is 5.75 Å². The second-order valence-corrected chi connectivity index (χ2v) is 9.86. The Hall–Kier alpha value is -1.42. The largest absolute Gasteiger partial charge is 0.494 e. The zero-order valence-electron chi connectivity index (χ0n) is 18.1. The summed E-state index contributed by atoms with van der Waals surface area (Å²) >= 11 is 0. The van der Waals surface area contributed by atoms with Gasteiger partial charge in [0.05, 0.1) is 6.61 Å². The molecule has 0 amide bonds. The molecule has 1 aromatic carbocycles. The van der Waals surface area contributed by atoms with Crippen molar-refractivity contribution in [1.82, 2.24) is 0 Å². The first kappa shape index (κ1) is 19.9. The van der Waals surface area contributed by atoms with Crippen LogP contribution in [-0.4, -0.2) is 6.61 Å². The molecule has 0 aromatic heterocycles. The SMILES string of the molecule is CCCC1CCC(C23CCC(C#Cc4ccc(OCC)cc4)(CC2)CC3)CC1. The molecule has 0 saturated heterocycles. The van der Waals surface area contributed by atoms with Gasteiger partial charge in [0.1, 0.15) is 5.75 Å². The molecule has 1 nitrogen and oxygen atoms in total. The number of ether oxygens (including phenoxy) is 1. The van der Waals surface area contributed by atoms with E-state index in [4.69, 9.17) is 4.74 Å². The van der Waals surface area contributed by atoms with E-state index in [1.807, 2.05) is 19.1 Å². The number of hydrogen-bond acceptors (Lipinski definition) is 1. The van der Waals surface area contributed by atoms with Crippen molar-refractivity contribution in [3.8, 4) is 17.6 Å². The average Bonchev–Trinajstić information content (AvgIpc) is 2.76. The van der Waals surface area contributed by atoms with Crippen LogP contribution in [0.1, 0.15) is 96.5 Å². The first-order valence-electron chi connectivity index (χ1n) is 11.9. The summed E-state index contributed by atoms with van der Waals surface area (Å²) in [6.45, 7) is 5.09. The zero-order chi connectivity index (χ0) is 19.5. The van der Waals surface area contributed by atoms with E-state index in [1.165, 1.54) is 77.0 Å². The third-order valence-corrected chi connectivity index (χ3v) is 8.35. The third-order valence-electron chi connectivity index (χ3n) is 8.35. The summed E-state index contributed by atoms with van der Waals surface area (Å²) in [5, 5.41) is 0. The number of benzene rings is 1. The number of fused-ring (bicyclic) bond motifs is 3. The summed E-state index contributed by atoms with van der Waals surface area (Å²) in [7, 11) is 0. The summed E-state index contributed by atoms with van der Waals surface area (Å²) in [5.74, 6) is 10.2. The molecule has 5 rings (SSSR count). The standard InChI is InChI=1S/C27H38O/c1-3-5-22-6-10-24(11-7-22)27-19-16-26(17-20-27,18-21-27)15-14-23-8-12-25(13-9-23)28-4-2/h8-9,12-13,22,24H,3-7,10-11,16-21H2,1-2H3. The summed E-state index contributed by atoms with van der Waals surface area (Å²) in [6.07, 6.45) is 17.2. The minimum Gasteiger partial charge on any atom is -0.494 e. The van der Waals surface area contributed by atoms with E-state index in [0.717, 1.165) is 29.8 Å². The van der Waals surface area contributed by atoms with Gasteiger partial charge < -0.3 is 4.74 Å². The normalized spacial score (nSPS) is 34.5. The molecule has 1 heteroatoms. The second kappa shape index (κ2) is 8.52. The number of rotatable bonds is 5. The monoisotopic (exact) mass is 378 g/mol. The summed E-state index contributed by atoms with van der Waals surface area (Å²) in [5.41, 5.74) is 2.12. The van der Waals surface area contributed by atoms with Crippen molar-refractivity contribution in [1.29, 1.82) is 0 Å². The van der Waals surface area contributed by atoms with Gasteiger partial charge in [0.15, 0.2) is 0 Å². The molecule has 4 fully saturated rings. The van der Waals surface area contributed by atoms with Gasteiger partial charge in [-0.3, -0.25) is 0 Å². The maximum absolute atomic E-state index is 5.54. The highest BCUT2D eigenvalue weighted by molar-refractivity contribution is 5.39. The molecule has 0 spiro atoms. The number of hydrogen-bond donors (Lipinski definition) is 0. The van der Waals surface area contributed by atoms with Crippen molar-refractivity contribution in [2.75, 3.05) is 6.61 Å². The van der Waals surface area contributed by atoms with Gasteiger partial charge in [0.25, 0.3) is 0 Å². The quantitative estimate of drug-likeness (QED) is 0.485. The lowest BCUT2D eigenvalue weighted by atomic mass is 9.48. The van der Waals surface area contributed by atoms with Gasteiger partial charge in [-0.2, -0.15) is 0 Å². The second-order valence-electron chi connectivity index (χ2n) is 9.86. The van der Waals surface area contributed by atoms with Crippen LogP contribution in [-0.2, 0) is 0 Å². The summed E-state index contributed by atoms with van der Waals surface area (Å²) in [4.78, 5) is 0. The van der Waals surface area contributed by atoms with E-state index in [1.54, 1.807) is 0 Å². The molecule has 4 saturated carbocycles. The molecule has 0 unspecified atom stereocenters. The highest BCUT2D eigenvalue weighted by atomic mass is 16.5. The van der Waals surface area contributed by atoms with Crippen molar-refractivity contribution in [3.63, 3.8) is 0 Å². The lowest BCUT2D eigenvalue weighted by Gasteiger charge is -2.56. The Morgan fingerprint density at radius 3 is 2.11 bits per heavy atom. The predicted molar refractivity (Wildman–Crippen MR) is 117 cm³/mol. The fourth-order valence-electron chi connectivity index (χ4n) is 6.49. The van der Waals surface area contributed by atoms with E-state index in [9.17, 15) is 0 Å². The topological polar surface area (TPSA) is 9.23 Å². The molecule has 0 radical (unpaired) electrons. The Bertz CT molecular complexity index is 671. The van der Waals surface area contributed by atoms with Crippen molar-refractivity contribution in [2.24, 2.45) is 22.7 Å². The molecule has 152 valence electrons. The van der Waals surface area contributed by atoms with Crippen LogP contribution in [0.25, 0.3) is 0 Å². The molecule has 1 aromatic rings. The summed E-state index contributed by atoms with van der Waals surface area (Å²) < 4.78 is 5.54. The lowest BCUT2D eigenvalue weighted by Crippen LogP contribution is -2.45. The molecular formula is C27H38O. The van der Waals surface area contributed by atoms with Gasteiger partial charge in [-0.15, -0.1) is 0 Å². The molecule has 28 heavy (non-hydrogen) atoms. The Morgan fingerprint density at radius 1 is 0.893 bits per heavy atom. The van der Waals surface area contributed by atoms with Crippen LogP contribution in [0.2, 0.25) is 0 Å². The minimum atomic E-state index is 0.305. The third kappa shape index (κ3) is 4.12.